The molecule has 0 unspecified atom stereocenters. The van der Waals surface area contributed by atoms with Gasteiger partial charge in [0.05, 0.1) is 5.92 Å². The fourth-order valence-corrected chi connectivity index (χ4v) is 2.73. The number of carbonyl (C=O) groups is 2. The third kappa shape index (κ3) is 3.68. The van der Waals surface area contributed by atoms with Crippen LogP contribution in [0.1, 0.15) is 29.1 Å². The van der Waals surface area contributed by atoms with Crippen molar-refractivity contribution in [1.29, 1.82) is 0 Å². The van der Waals surface area contributed by atoms with Crippen molar-refractivity contribution in [2.45, 2.75) is 19.0 Å². The molecule has 1 aliphatic rings. The summed E-state index contributed by atoms with van der Waals surface area (Å²) >= 11 is 0. The van der Waals surface area contributed by atoms with Crippen molar-refractivity contribution >= 4 is 11.9 Å². The molecule has 7 nitrogen and oxygen atoms in total. The van der Waals surface area contributed by atoms with Gasteiger partial charge in [0.1, 0.15) is 0 Å². The Labute approximate surface area is 145 Å². The van der Waals surface area contributed by atoms with E-state index >= 15 is 0 Å². The minimum absolute atomic E-state index is 0.224. The normalized spacial score (nSPS) is 15.9. The summed E-state index contributed by atoms with van der Waals surface area (Å²) < 4.78 is 41.6. The second-order valence-corrected chi connectivity index (χ2v) is 5.90. The molecule has 0 aliphatic carbocycles. The summed E-state index contributed by atoms with van der Waals surface area (Å²) in [5.41, 5.74) is 0.632. The summed E-state index contributed by atoms with van der Waals surface area (Å²) in [5, 5.41) is 12.3. The van der Waals surface area contributed by atoms with Crippen LogP contribution in [-0.2, 0) is 11.0 Å². The molecule has 1 aliphatic heterocycles. The van der Waals surface area contributed by atoms with Crippen LogP contribution in [0, 0.1) is 5.92 Å². The van der Waals surface area contributed by atoms with E-state index in [0.29, 0.717) is 31.5 Å². The Morgan fingerprint density at radius 2 is 1.77 bits per heavy atom. The van der Waals surface area contributed by atoms with E-state index < -0.39 is 24.0 Å². The number of piperidine rings is 1. The first kappa shape index (κ1) is 17.9. The summed E-state index contributed by atoms with van der Waals surface area (Å²) in [4.78, 5) is 28.2. The second kappa shape index (κ2) is 6.77. The Hall–Kier alpha value is -2.91. The average Bonchev–Trinajstić information content (AvgIpc) is 3.12. The SMILES string of the molecule is O=C(O)C1CCN(C(=O)c2ccc(-c3noc(C(F)(F)F)n3)cc2)CC1. The Morgan fingerprint density at radius 1 is 1.15 bits per heavy atom. The highest BCUT2D eigenvalue weighted by Gasteiger charge is 2.38. The number of halogens is 3. The quantitative estimate of drug-likeness (QED) is 0.894. The van der Waals surface area contributed by atoms with Crippen LogP contribution in [0.25, 0.3) is 11.4 Å². The highest BCUT2D eigenvalue weighted by Crippen LogP contribution is 2.29. The number of aromatic nitrogens is 2. The number of benzene rings is 1. The van der Waals surface area contributed by atoms with E-state index in [1.165, 1.54) is 24.3 Å². The first-order chi connectivity index (χ1) is 12.3. The largest absolute Gasteiger partial charge is 0.481 e. The molecule has 1 aromatic heterocycles. The zero-order valence-electron chi connectivity index (χ0n) is 13.4. The summed E-state index contributed by atoms with van der Waals surface area (Å²) in [5.74, 6) is -3.22. The lowest BCUT2D eigenvalue weighted by atomic mass is 9.96. The number of carbonyl (C=O) groups excluding carboxylic acids is 1. The Kier molecular flexibility index (Phi) is 4.66. The highest BCUT2D eigenvalue weighted by atomic mass is 19.4. The molecular formula is C16H14F3N3O4. The molecule has 1 aromatic carbocycles. The fourth-order valence-electron chi connectivity index (χ4n) is 2.73. The number of aliphatic carboxylic acids is 1. The van der Waals surface area contributed by atoms with Gasteiger partial charge in [0.25, 0.3) is 5.91 Å². The lowest BCUT2D eigenvalue weighted by Gasteiger charge is -2.30. The first-order valence-electron chi connectivity index (χ1n) is 7.79. The summed E-state index contributed by atoms with van der Waals surface area (Å²) in [7, 11) is 0. The van der Waals surface area contributed by atoms with Crippen molar-refractivity contribution in [3.05, 3.63) is 35.7 Å². The van der Waals surface area contributed by atoms with E-state index in [1.807, 2.05) is 0 Å². The number of hydrogen-bond donors (Lipinski definition) is 1. The number of likely N-dealkylation sites (tertiary alicyclic amines) is 1. The molecule has 1 N–H and O–H groups in total. The second-order valence-electron chi connectivity index (χ2n) is 5.90. The van der Waals surface area contributed by atoms with Gasteiger partial charge >= 0.3 is 18.0 Å². The maximum absolute atomic E-state index is 12.5. The smallest absolute Gasteiger partial charge is 0.471 e. The van der Waals surface area contributed by atoms with Crippen molar-refractivity contribution in [2.75, 3.05) is 13.1 Å². The van der Waals surface area contributed by atoms with Crippen molar-refractivity contribution in [1.82, 2.24) is 15.0 Å². The van der Waals surface area contributed by atoms with E-state index in [1.54, 1.807) is 4.90 Å². The van der Waals surface area contributed by atoms with Gasteiger partial charge in [-0.1, -0.05) is 17.3 Å². The van der Waals surface area contributed by atoms with Gasteiger partial charge in [-0.3, -0.25) is 9.59 Å². The van der Waals surface area contributed by atoms with Crippen LogP contribution in [0.3, 0.4) is 0 Å². The number of amides is 1. The first-order valence-corrected chi connectivity index (χ1v) is 7.79. The van der Waals surface area contributed by atoms with Crippen LogP contribution in [0.15, 0.2) is 28.8 Å². The van der Waals surface area contributed by atoms with Crippen molar-refractivity contribution in [2.24, 2.45) is 5.92 Å². The molecule has 10 heteroatoms. The Morgan fingerprint density at radius 3 is 2.27 bits per heavy atom. The lowest BCUT2D eigenvalue weighted by molar-refractivity contribution is -0.159. The molecule has 1 saturated heterocycles. The molecule has 0 spiro atoms. The topological polar surface area (TPSA) is 96.5 Å². The summed E-state index contributed by atoms with van der Waals surface area (Å²) in [6, 6.07) is 5.79. The molecule has 1 amide bonds. The summed E-state index contributed by atoms with van der Waals surface area (Å²) in [6.07, 6.45) is -3.94. The molecule has 0 saturated carbocycles. The maximum Gasteiger partial charge on any atom is 0.471 e. The predicted octanol–water partition coefficient (Wildman–Crippen LogP) is 2.69. The van der Waals surface area contributed by atoms with Gasteiger partial charge < -0.3 is 14.5 Å². The lowest BCUT2D eigenvalue weighted by Crippen LogP contribution is -2.40. The van der Waals surface area contributed by atoms with Crippen molar-refractivity contribution in [3.8, 4) is 11.4 Å². The van der Waals surface area contributed by atoms with Crippen LogP contribution in [0.2, 0.25) is 0 Å². The molecule has 2 aromatic rings. The van der Waals surface area contributed by atoms with Crippen LogP contribution >= 0.6 is 0 Å². The van der Waals surface area contributed by atoms with Gasteiger partial charge in [-0.2, -0.15) is 18.2 Å². The minimum Gasteiger partial charge on any atom is -0.481 e. The third-order valence-electron chi connectivity index (χ3n) is 4.19. The van der Waals surface area contributed by atoms with E-state index in [0.717, 1.165) is 0 Å². The number of carboxylic acids is 1. The van der Waals surface area contributed by atoms with E-state index in [-0.39, 0.29) is 17.3 Å². The van der Waals surface area contributed by atoms with Crippen molar-refractivity contribution in [3.63, 3.8) is 0 Å². The van der Waals surface area contributed by atoms with Gasteiger partial charge in [-0.25, -0.2) is 0 Å². The molecule has 0 radical (unpaired) electrons. The van der Waals surface area contributed by atoms with Gasteiger partial charge in [0.2, 0.25) is 5.82 Å². The fraction of sp³-hybridized carbons (Fsp3) is 0.375. The number of alkyl halides is 3. The van der Waals surface area contributed by atoms with E-state index in [4.69, 9.17) is 5.11 Å². The molecule has 3 rings (SSSR count). The average molecular weight is 369 g/mol. The van der Waals surface area contributed by atoms with E-state index in [9.17, 15) is 22.8 Å². The molecule has 138 valence electrons. The Bertz CT molecular complexity index is 809. The van der Waals surface area contributed by atoms with Crippen molar-refractivity contribution < 1.29 is 32.4 Å². The molecule has 1 fully saturated rings. The highest BCUT2D eigenvalue weighted by molar-refractivity contribution is 5.94. The standard InChI is InChI=1S/C16H14F3N3O4/c17-16(18,19)15-20-12(21-26-15)9-1-3-10(4-2-9)13(23)22-7-5-11(6-8-22)14(24)25/h1-4,11H,5-8H2,(H,24,25). The molecule has 0 atom stereocenters. The van der Waals surface area contributed by atoms with Crippen LogP contribution in [0.5, 0.6) is 0 Å². The zero-order valence-corrected chi connectivity index (χ0v) is 13.4. The van der Waals surface area contributed by atoms with Crippen LogP contribution in [0.4, 0.5) is 13.2 Å². The minimum atomic E-state index is -4.72. The number of hydrogen-bond acceptors (Lipinski definition) is 5. The van der Waals surface area contributed by atoms with E-state index in [2.05, 4.69) is 14.7 Å². The number of carboxylic acid groups (broad SMARTS) is 1. The van der Waals surface area contributed by atoms with Gasteiger partial charge in [0.15, 0.2) is 0 Å². The van der Waals surface area contributed by atoms with Crippen LogP contribution < -0.4 is 0 Å². The predicted molar refractivity (Wildman–Crippen MR) is 81.0 cm³/mol. The molecular weight excluding hydrogens is 355 g/mol. The summed E-state index contributed by atoms with van der Waals surface area (Å²) in [6.45, 7) is 0.689. The third-order valence-corrected chi connectivity index (χ3v) is 4.19. The van der Waals surface area contributed by atoms with Gasteiger partial charge in [-0.15, -0.1) is 0 Å². The molecule has 0 bridgehead atoms. The van der Waals surface area contributed by atoms with Crippen LogP contribution in [-0.4, -0.2) is 45.1 Å². The van der Waals surface area contributed by atoms with Gasteiger partial charge in [0, 0.05) is 24.2 Å². The Balaban J connectivity index is 1.69. The number of rotatable bonds is 3. The zero-order chi connectivity index (χ0) is 18.9. The molecule has 2 heterocycles. The molecule has 26 heavy (non-hydrogen) atoms. The maximum atomic E-state index is 12.5. The number of nitrogens with zero attached hydrogens (tertiary/aromatic N) is 3. The monoisotopic (exact) mass is 369 g/mol. The van der Waals surface area contributed by atoms with Gasteiger partial charge in [-0.05, 0) is 25.0 Å².